The first-order valence-electron chi connectivity index (χ1n) is 5.01. The fourth-order valence-corrected chi connectivity index (χ4v) is 1.15. The highest BCUT2D eigenvalue weighted by Gasteiger charge is 2.07. The predicted octanol–water partition coefficient (Wildman–Crippen LogP) is 1.86. The average molecular weight is 208 g/mol. The number of ether oxygens (including phenoxy) is 1. The van der Waals surface area contributed by atoms with Crippen molar-refractivity contribution in [3.63, 3.8) is 0 Å². The van der Waals surface area contributed by atoms with Crippen molar-refractivity contribution < 1.29 is 9.53 Å². The number of aryl methyl sites for hydroxylation is 3. The topological polar surface area (TPSA) is 52.1 Å². The first kappa shape index (κ1) is 11.6. The van der Waals surface area contributed by atoms with Crippen molar-refractivity contribution in [2.45, 2.75) is 40.7 Å². The van der Waals surface area contributed by atoms with Crippen LogP contribution in [0.25, 0.3) is 0 Å². The minimum atomic E-state index is -0.213. The molecule has 0 amide bonds. The van der Waals surface area contributed by atoms with Gasteiger partial charge in [-0.1, -0.05) is 6.92 Å². The molecule has 0 radical (unpaired) electrons. The quantitative estimate of drug-likeness (QED) is 0.711. The molecule has 1 heterocycles. The molecule has 0 N–H and O–H groups in total. The van der Waals surface area contributed by atoms with Gasteiger partial charge in [-0.25, -0.2) is 0 Å². The van der Waals surface area contributed by atoms with Crippen molar-refractivity contribution >= 4 is 5.97 Å². The van der Waals surface area contributed by atoms with Gasteiger partial charge in [0.2, 0.25) is 0 Å². The zero-order chi connectivity index (χ0) is 11.4. The third-order valence-corrected chi connectivity index (χ3v) is 2.24. The standard InChI is InChI=1S/C11H16N2O2/c1-5-11(14)15-6-10-9(4)12-7(2)8(3)13-10/h5-6H2,1-4H3. The van der Waals surface area contributed by atoms with Crippen LogP contribution in [0.15, 0.2) is 0 Å². The fraction of sp³-hybridized carbons (Fsp3) is 0.545. The third-order valence-electron chi connectivity index (χ3n) is 2.24. The second kappa shape index (κ2) is 4.87. The maximum atomic E-state index is 11.0. The van der Waals surface area contributed by atoms with E-state index in [1.54, 1.807) is 6.92 Å². The molecule has 4 nitrogen and oxygen atoms in total. The minimum absolute atomic E-state index is 0.213. The summed E-state index contributed by atoms with van der Waals surface area (Å²) in [6.45, 7) is 7.66. The summed E-state index contributed by atoms with van der Waals surface area (Å²) in [7, 11) is 0. The van der Waals surface area contributed by atoms with E-state index >= 15 is 0 Å². The van der Waals surface area contributed by atoms with Gasteiger partial charge in [0.05, 0.1) is 22.8 Å². The molecule has 15 heavy (non-hydrogen) atoms. The molecule has 0 aliphatic rings. The highest BCUT2D eigenvalue weighted by Crippen LogP contribution is 2.08. The molecule has 0 bridgehead atoms. The van der Waals surface area contributed by atoms with E-state index < -0.39 is 0 Å². The van der Waals surface area contributed by atoms with Gasteiger partial charge in [-0.15, -0.1) is 0 Å². The Balaban J connectivity index is 2.77. The lowest BCUT2D eigenvalue weighted by molar-refractivity contribution is -0.144. The Labute approximate surface area is 89.7 Å². The summed E-state index contributed by atoms with van der Waals surface area (Å²) in [5, 5.41) is 0. The van der Waals surface area contributed by atoms with Gasteiger partial charge in [-0.3, -0.25) is 14.8 Å². The van der Waals surface area contributed by atoms with Gasteiger partial charge in [0, 0.05) is 6.42 Å². The Bertz CT molecular complexity index is 375. The van der Waals surface area contributed by atoms with Crippen LogP contribution in [-0.4, -0.2) is 15.9 Å². The van der Waals surface area contributed by atoms with Gasteiger partial charge in [0.15, 0.2) is 0 Å². The number of hydrogen-bond donors (Lipinski definition) is 0. The lowest BCUT2D eigenvalue weighted by Crippen LogP contribution is -2.08. The molecule has 0 aliphatic heterocycles. The Morgan fingerprint density at radius 3 is 2.33 bits per heavy atom. The molecular formula is C11H16N2O2. The van der Waals surface area contributed by atoms with Crippen LogP contribution in [0, 0.1) is 20.8 Å². The van der Waals surface area contributed by atoms with Crippen molar-refractivity contribution in [2.24, 2.45) is 0 Å². The number of nitrogens with zero attached hydrogens (tertiary/aromatic N) is 2. The summed E-state index contributed by atoms with van der Waals surface area (Å²) < 4.78 is 5.01. The van der Waals surface area contributed by atoms with Gasteiger partial charge >= 0.3 is 5.97 Å². The Kier molecular flexibility index (Phi) is 3.77. The van der Waals surface area contributed by atoms with Gasteiger partial charge < -0.3 is 4.74 Å². The van der Waals surface area contributed by atoms with Gasteiger partial charge in [-0.05, 0) is 20.8 Å². The number of carbonyl (C=O) groups excluding carboxylic acids is 1. The molecule has 0 saturated heterocycles. The molecule has 0 atom stereocenters. The first-order chi connectivity index (χ1) is 7.04. The summed E-state index contributed by atoms with van der Waals surface area (Å²) in [6.07, 6.45) is 0.386. The van der Waals surface area contributed by atoms with Crippen molar-refractivity contribution in [2.75, 3.05) is 0 Å². The molecule has 1 aromatic rings. The van der Waals surface area contributed by atoms with E-state index in [2.05, 4.69) is 9.97 Å². The molecular weight excluding hydrogens is 192 g/mol. The monoisotopic (exact) mass is 208 g/mol. The highest BCUT2D eigenvalue weighted by molar-refractivity contribution is 5.68. The minimum Gasteiger partial charge on any atom is -0.459 e. The molecule has 0 saturated carbocycles. The second-order valence-electron chi connectivity index (χ2n) is 3.44. The van der Waals surface area contributed by atoms with Gasteiger partial charge in [0.25, 0.3) is 0 Å². The number of hydrogen-bond acceptors (Lipinski definition) is 4. The van der Waals surface area contributed by atoms with Crippen molar-refractivity contribution in [1.29, 1.82) is 0 Å². The highest BCUT2D eigenvalue weighted by atomic mass is 16.5. The zero-order valence-electron chi connectivity index (χ0n) is 9.63. The first-order valence-corrected chi connectivity index (χ1v) is 5.01. The zero-order valence-corrected chi connectivity index (χ0v) is 9.63. The van der Waals surface area contributed by atoms with Gasteiger partial charge in [0.1, 0.15) is 6.61 Å². The van der Waals surface area contributed by atoms with Crippen molar-refractivity contribution in [1.82, 2.24) is 9.97 Å². The van der Waals surface area contributed by atoms with Crippen LogP contribution in [0.2, 0.25) is 0 Å². The van der Waals surface area contributed by atoms with Crippen LogP contribution in [0.1, 0.15) is 36.1 Å². The lowest BCUT2D eigenvalue weighted by Gasteiger charge is -2.08. The summed E-state index contributed by atoms with van der Waals surface area (Å²) in [5.74, 6) is -0.213. The van der Waals surface area contributed by atoms with E-state index in [1.165, 1.54) is 0 Å². The molecule has 82 valence electrons. The van der Waals surface area contributed by atoms with E-state index in [4.69, 9.17) is 4.74 Å². The Hall–Kier alpha value is -1.45. The van der Waals surface area contributed by atoms with Crippen LogP contribution >= 0.6 is 0 Å². The smallest absolute Gasteiger partial charge is 0.305 e. The van der Waals surface area contributed by atoms with E-state index in [9.17, 15) is 4.79 Å². The predicted molar refractivity (Wildman–Crippen MR) is 56.3 cm³/mol. The average Bonchev–Trinajstić information content (AvgIpc) is 2.21. The SMILES string of the molecule is CCC(=O)OCc1nc(C)c(C)nc1C. The number of rotatable bonds is 3. The summed E-state index contributed by atoms with van der Waals surface area (Å²) in [5.41, 5.74) is 3.35. The van der Waals surface area contributed by atoms with E-state index in [-0.39, 0.29) is 12.6 Å². The molecule has 1 aromatic heterocycles. The van der Waals surface area contributed by atoms with Gasteiger partial charge in [-0.2, -0.15) is 0 Å². The summed E-state index contributed by atoms with van der Waals surface area (Å²) in [4.78, 5) is 19.6. The number of carbonyl (C=O) groups is 1. The molecule has 0 aromatic carbocycles. The molecule has 0 aliphatic carbocycles. The van der Waals surface area contributed by atoms with E-state index in [0.717, 1.165) is 22.8 Å². The Morgan fingerprint density at radius 1 is 1.13 bits per heavy atom. The summed E-state index contributed by atoms with van der Waals surface area (Å²) in [6, 6.07) is 0. The van der Waals surface area contributed by atoms with E-state index in [0.29, 0.717) is 6.42 Å². The maximum Gasteiger partial charge on any atom is 0.305 e. The third kappa shape index (κ3) is 3.01. The molecule has 0 fully saturated rings. The van der Waals surface area contributed by atoms with Crippen molar-refractivity contribution in [3.05, 3.63) is 22.8 Å². The Morgan fingerprint density at radius 2 is 1.73 bits per heavy atom. The molecule has 4 heteroatoms. The lowest BCUT2D eigenvalue weighted by atomic mass is 10.3. The van der Waals surface area contributed by atoms with Crippen LogP contribution in [0.5, 0.6) is 0 Å². The molecule has 1 rings (SSSR count). The number of esters is 1. The normalized spacial score (nSPS) is 10.1. The van der Waals surface area contributed by atoms with Crippen LogP contribution in [0.4, 0.5) is 0 Å². The van der Waals surface area contributed by atoms with E-state index in [1.807, 2.05) is 20.8 Å². The molecule has 0 spiro atoms. The van der Waals surface area contributed by atoms with Crippen LogP contribution in [-0.2, 0) is 16.1 Å². The molecule has 0 unspecified atom stereocenters. The van der Waals surface area contributed by atoms with Crippen LogP contribution < -0.4 is 0 Å². The number of aromatic nitrogens is 2. The van der Waals surface area contributed by atoms with Crippen LogP contribution in [0.3, 0.4) is 0 Å². The largest absolute Gasteiger partial charge is 0.459 e. The van der Waals surface area contributed by atoms with Crippen molar-refractivity contribution in [3.8, 4) is 0 Å². The second-order valence-corrected chi connectivity index (χ2v) is 3.44. The maximum absolute atomic E-state index is 11.0. The fourth-order valence-electron chi connectivity index (χ4n) is 1.15. The summed E-state index contributed by atoms with van der Waals surface area (Å²) >= 11 is 0.